The Bertz CT molecular complexity index is 552. The van der Waals surface area contributed by atoms with Crippen molar-refractivity contribution in [2.45, 2.75) is 13.8 Å². The summed E-state index contributed by atoms with van der Waals surface area (Å²) in [6.07, 6.45) is 1.56. The molecule has 0 unspecified atom stereocenters. The van der Waals surface area contributed by atoms with Gasteiger partial charge in [0, 0.05) is 18.4 Å². The lowest BCUT2D eigenvalue weighted by molar-refractivity contribution is 0.101. The average Bonchev–Trinajstić information content (AvgIpc) is 2.75. The minimum atomic E-state index is -0.390. The van der Waals surface area contributed by atoms with Crippen molar-refractivity contribution in [3.05, 3.63) is 29.8 Å². The highest BCUT2D eigenvalue weighted by Gasteiger charge is 2.11. The first-order chi connectivity index (χ1) is 8.69. The van der Waals surface area contributed by atoms with Gasteiger partial charge in [-0.3, -0.25) is 15.1 Å². The highest BCUT2D eigenvalue weighted by molar-refractivity contribution is 6.02. The molecule has 2 aromatic heterocycles. The van der Waals surface area contributed by atoms with Crippen molar-refractivity contribution in [3.8, 4) is 0 Å². The Morgan fingerprint density at radius 3 is 3.00 bits per heavy atom. The topological polar surface area (TPSA) is 92.9 Å². The summed E-state index contributed by atoms with van der Waals surface area (Å²) in [4.78, 5) is 19.7. The standard InChI is InChI=1S/C11H13N5O2/c1-3-12-8-4-5-13-9(6-8)10(17)15-11-14-7(2)16-18-11/h4-6H,3H2,1-2H3,(H,12,13)(H,14,15,16,17). The molecule has 2 rings (SSSR count). The molecule has 0 atom stereocenters. The number of aromatic nitrogens is 3. The molecule has 0 spiro atoms. The summed E-state index contributed by atoms with van der Waals surface area (Å²) in [6.45, 7) is 4.42. The normalized spacial score (nSPS) is 10.1. The van der Waals surface area contributed by atoms with E-state index in [1.807, 2.05) is 6.92 Å². The van der Waals surface area contributed by atoms with Crippen molar-refractivity contribution in [1.29, 1.82) is 0 Å². The van der Waals surface area contributed by atoms with Gasteiger partial charge in [-0.2, -0.15) is 4.98 Å². The Labute approximate surface area is 104 Å². The van der Waals surface area contributed by atoms with Gasteiger partial charge < -0.3 is 9.84 Å². The van der Waals surface area contributed by atoms with Crippen molar-refractivity contribution in [2.75, 3.05) is 17.2 Å². The van der Waals surface area contributed by atoms with E-state index in [4.69, 9.17) is 4.52 Å². The van der Waals surface area contributed by atoms with Gasteiger partial charge in [0.25, 0.3) is 5.91 Å². The first-order valence-corrected chi connectivity index (χ1v) is 5.50. The van der Waals surface area contributed by atoms with Gasteiger partial charge in [-0.1, -0.05) is 5.16 Å². The fourth-order valence-electron chi connectivity index (χ4n) is 1.38. The molecule has 2 N–H and O–H groups in total. The number of carbonyl (C=O) groups is 1. The Kier molecular flexibility index (Phi) is 3.52. The minimum absolute atomic E-state index is 0.0631. The van der Waals surface area contributed by atoms with Crippen LogP contribution >= 0.6 is 0 Å². The van der Waals surface area contributed by atoms with Gasteiger partial charge in [-0.15, -0.1) is 0 Å². The first-order valence-electron chi connectivity index (χ1n) is 5.50. The van der Waals surface area contributed by atoms with E-state index in [0.717, 1.165) is 12.2 Å². The van der Waals surface area contributed by atoms with Crippen LogP contribution in [0.4, 0.5) is 11.7 Å². The van der Waals surface area contributed by atoms with Crippen molar-refractivity contribution >= 4 is 17.6 Å². The van der Waals surface area contributed by atoms with Gasteiger partial charge in [-0.05, 0) is 26.0 Å². The van der Waals surface area contributed by atoms with Crippen molar-refractivity contribution in [2.24, 2.45) is 0 Å². The molecule has 0 aliphatic heterocycles. The number of hydrogen-bond acceptors (Lipinski definition) is 6. The van der Waals surface area contributed by atoms with Crippen molar-refractivity contribution < 1.29 is 9.32 Å². The third-order valence-electron chi connectivity index (χ3n) is 2.12. The number of hydrogen-bond donors (Lipinski definition) is 2. The summed E-state index contributed by atoms with van der Waals surface area (Å²) in [5.74, 6) is 0.0677. The van der Waals surface area contributed by atoms with Crippen LogP contribution in [-0.4, -0.2) is 27.6 Å². The van der Waals surface area contributed by atoms with Crippen molar-refractivity contribution in [3.63, 3.8) is 0 Å². The van der Waals surface area contributed by atoms with Crippen LogP contribution in [0.2, 0.25) is 0 Å². The van der Waals surface area contributed by atoms with Gasteiger partial charge in [0.1, 0.15) is 5.69 Å². The maximum atomic E-state index is 11.9. The lowest BCUT2D eigenvalue weighted by Crippen LogP contribution is -2.14. The zero-order chi connectivity index (χ0) is 13.0. The summed E-state index contributed by atoms with van der Waals surface area (Å²) in [7, 11) is 0. The van der Waals surface area contributed by atoms with E-state index in [1.54, 1.807) is 25.3 Å². The van der Waals surface area contributed by atoms with Gasteiger partial charge >= 0.3 is 6.01 Å². The molecule has 0 bridgehead atoms. The molecule has 0 aliphatic carbocycles. The number of rotatable bonds is 4. The number of anilines is 2. The van der Waals surface area contributed by atoms with Gasteiger partial charge in [0.05, 0.1) is 0 Å². The monoisotopic (exact) mass is 247 g/mol. The second kappa shape index (κ2) is 5.26. The predicted octanol–water partition coefficient (Wildman–Crippen LogP) is 1.46. The van der Waals surface area contributed by atoms with E-state index in [0.29, 0.717) is 5.82 Å². The largest absolute Gasteiger partial charge is 0.385 e. The fourth-order valence-corrected chi connectivity index (χ4v) is 1.38. The van der Waals surface area contributed by atoms with E-state index >= 15 is 0 Å². The molecule has 0 saturated carbocycles. The number of carbonyl (C=O) groups excluding carboxylic acids is 1. The molecule has 0 fully saturated rings. The summed E-state index contributed by atoms with van der Waals surface area (Å²) in [5.41, 5.74) is 1.11. The van der Waals surface area contributed by atoms with Crippen LogP contribution in [0.1, 0.15) is 23.2 Å². The molecule has 94 valence electrons. The van der Waals surface area contributed by atoms with Crippen LogP contribution in [0.25, 0.3) is 0 Å². The molecule has 0 saturated heterocycles. The Morgan fingerprint density at radius 2 is 2.33 bits per heavy atom. The second-order valence-corrected chi connectivity index (χ2v) is 3.56. The second-order valence-electron chi connectivity index (χ2n) is 3.56. The first kappa shape index (κ1) is 12.0. The molecule has 2 heterocycles. The lowest BCUT2D eigenvalue weighted by Gasteiger charge is -2.04. The third-order valence-corrected chi connectivity index (χ3v) is 2.12. The molecule has 0 aliphatic rings. The molecule has 7 nitrogen and oxygen atoms in total. The van der Waals surface area contributed by atoms with Gasteiger partial charge in [-0.25, -0.2) is 0 Å². The predicted molar refractivity (Wildman–Crippen MR) is 65.4 cm³/mol. The van der Waals surface area contributed by atoms with Crippen LogP contribution in [0, 0.1) is 6.92 Å². The smallest absolute Gasteiger partial charge is 0.328 e. The third kappa shape index (κ3) is 2.82. The number of nitrogens with zero attached hydrogens (tertiary/aromatic N) is 3. The van der Waals surface area contributed by atoms with Gasteiger partial charge in [0.2, 0.25) is 0 Å². The van der Waals surface area contributed by atoms with E-state index in [1.165, 1.54) is 0 Å². The molecule has 18 heavy (non-hydrogen) atoms. The van der Waals surface area contributed by atoms with Crippen molar-refractivity contribution in [1.82, 2.24) is 15.1 Å². The molecule has 0 aromatic carbocycles. The Morgan fingerprint density at radius 1 is 1.50 bits per heavy atom. The maximum Gasteiger partial charge on any atom is 0.328 e. The minimum Gasteiger partial charge on any atom is -0.385 e. The highest BCUT2D eigenvalue weighted by Crippen LogP contribution is 2.10. The van der Waals surface area contributed by atoms with E-state index in [9.17, 15) is 4.79 Å². The number of nitrogens with one attached hydrogen (secondary N) is 2. The van der Waals surface area contributed by atoms with Gasteiger partial charge in [0.15, 0.2) is 5.82 Å². The van der Waals surface area contributed by atoms with Crippen LogP contribution in [0.3, 0.4) is 0 Å². The maximum absolute atomic E-state index is 11.9. The summed E-state index contributed by atoms with van der Waals surface area (Å²) in [5, 5.41) is 9.15. The number of aryl methyl sites for hydroxylation is 1. The van der Waals surface area contributed by atoms with E-state index < -0.39 is 5.91 Å². The number of pyridine rings is 1. The molecule has 7 heteroatoms. The quantitative estimate of drug-likeness (QED) is 0.849. The molecule has 2 aromatic rings. The molecular weight excluding hydrogens is 234 g/mol. The highest BCUT2D eigenvalue weighted by atomic mass is 16.5. The molecular formula is C11H13N5O2. The van der Waals surface area contributed by atoms with Crippen LogP contribution in [-0.2, 0) is 0 Å². The van der Waals surface area contributed by atoms with Crippen LogP contribution in [0.5, 0.6) is 0 Å². The molecule has 0 radical (unpaired) electrons. The average molecular weight is 247 g/mol. The Balaban J connectivity index is 2.11. The fraction of sp³-hybridized carbons (Fsp3) is 0.273. The zero-order valence-corrected chi connectivity index (χ0v) is 10.1. The summed E-state index contributed by atoms with van der Waals surface area (Å²) < 4.78 is 4.80. The molecule has 1 amide bonds. The lowest BCUT2D eigenvalue weighted by atomic mass is 10.3. The van der Waals surface area contributed by atoms with E-state index in [-0.39, 0.29) is 11.7 Å². The number of amides is 1. The summed E-state index contributed by atoms with van der Waals surface area (Å²) >= 11 is 0. The van der Waals surface area contributed by atoms with Crippen LogP contribution in [0.15, 0.2) is 22.9 Å². The Hall–Kier alpha value is -2.44. The van der Waals surface area contributed by atoms with E-state index in [2.05, 4.69) is 25.8 Å². The zero-order valence-electron chi connectivity index (χ0n) is 10.1. The SMILES string of the molecule is CCNc1ccnc(C(=O)Nc2nc(C)no2)c1. The summed E-state index contributed by atoms with van der Waals surface area (Å²) in [6, 6.07) is 3.51. The van der Waals surface area contributed by atoms with Crippen LogP contribution < -0.4 is 10.6 Å².